The summed E-state index contributed by atoms with van der Waals surface area (Å²) in [5.41, 5.74) is 0. The normalized spacial score (nSPS) is 10.4. The molecule has 0 aliphatic rings. The van der Waals surface area contributed by atoms with Gasteiger partial charge in [-0.3, -0.25) is 0 Å². The zero-order valence-corrected chi connectivity index (χ0v) is 38.2. The number of carboxylic acid groups (broad SMARTS) is 3. The standard InChI is InChI=1S/3C15H30O2.Ce/c3*1-2-3-4-5-6-7-8-9-10-11-12-13-14-15(16)17;/h3*2-14H2,1H3,(H,16,17);/q;;;+3/p-3. The van der Waals surface area contributed by atoms with Gasteiger partial charge in [0.15, 0.2) is 0 Å². The number of carboxylic acids is 3. The predicted molar refractivity (Wildman–Crippen MR) is 212 cm³/mol. The molecule has 1 radical (unpaired) electrons. The summed E-state index contributed by atoms with van der Waals surface area (Å²) in [5.74, 6) is -2.72. The molecule has 0 heterocycles. The van der Waals surface area contributed by atoms with Gasteiger partial charge in [-0.15, -0.1) is 0 Å². The first-order chi connectivity index (χ1) is 24.8. The Kier molecular flexibility index (Phi) is 62.0. The average molecular weight is 864 g/mol. The smallest absolute Gasteiger partial charge is 0.550 e. The largest absolute Gasteiger partial charge is 3.00 e. The number of hydrogen-bond donors (Lipinski definition) is 0. The first-order valence-corrected chi connectivity index (χ1v) is 22.4. The molecular formula is C45H87CeO6. The molecule has 0 saturated carbocycles. The van der Waals surface area contributed by atoms with Crippen LogP contribution in [0, 0.1) is 41.7 Å². The fourth-order valence-electron chi connectivity index (χ4n) is 6.33. The SMILES string of the molecule is CCCCCCCCCCCCCCC(=O)[O-].CCCCCCCCCCCCCCC(=O)[O-].CCCCCCCCCCCCCCC(=O)[O-].[Ce+3]. The van der Waals surface area contributed by atoms with Gasteiger partial charge in [0.2, 0.25) is 0 Å². The summed E-state index contributed by atoms with van der Waals surface area (Å²) in [5, 5.41) is 30.5. The minimum absolute atomic E-state index is 0. The zero-order chi connectivity index (χ0) is 38.3. The van der Waals surface area contributed by atoms with Gasteiger partial charge in [0.1, 0.15) is 0 Å². The first-order valence-electron chi connectivity index (χ1n) is 22.4. The van der Waals surface area contributed by atoms with Crippen molar-refractivity contribution < 1.29 is 71.5 Å². The van der Waals surface area contributed by atoms with Crippen LogP contribution in [0.25, 0.3) is 0 Å². The van der Waals surface area contributed by atoms with Crippen LogP contribution in [-0.4, -0.2) is 17.9 Å². The second kappa shape index (κ2) is 55.1. The van der Waals surface area contributed by atoms with E-state index in [4.69, 9.17) is 0 Å². The number of hydrogen-bond acceptors (Lipinski definition) is 6. The summed E-state index contributed by atoms with van der Waals surface area (Å²) in [7, 11) is 0. The summed E-state index contributed by atoms with van der Waals surface area (Å²) in [6, 6.07) is 0. The molecule has 0 unspecified atom stereocenters. The van der Waals surface area contributed by atoms with Crippen molar-refractivity contribution in [1.29, 1.82) is 0 Å². The summed E-state index contributed by atoms with van der Waals surface area (Å²) < 4.78 is 0. The quantitative estimate of drug-likeness (QED) is 0.0568. The molecule has 0 amide bonds. The Morgan fingerprint density at radius 1 is 0.250 bits per heavy atom. The van der Waals surface area contributed by atoms with Gasteiger partial charge in [-0.05, 0) is 38.5 Å². The third-order valence-electron chi connectivity index (χ3n) is 9.70. The number of unbranched alkanes of at least 4 members (excludes halogenated alkanes) is 33. The van der Waals surface area contributed by atoms with Crippen LogP contribution in [0.4, 0.5) is 0 Å². The van der Waals surface area contributed by atoms with Gasteiger partial charge in [-0.1, -0.05) is 233 Å². The molecule has 0 fully saturated rings. The third-order valence-corrected chi connectivity index (χ3v) is 9.70. The van der Waals surface area contributed by atoms with Crippen molar-refractivity contribution in [2.45, 2.75) is 271 Å². The van der Waals surface area contributed by atoms with Gasteiger partial charge < -0.3 is 29.7 Å². The zero-order valence-electron chi connectivity index (χ0n) is 35.0. The molecule has 0 bridgehead atoms. The molecule has 0 N–H and O–H groups in total. The van der Waals surface area contributed by atoms with E-state index in [1.54, 1.807) is 0 Å². The third kappa shape index (κ3) is 67.9. The molecule has 0 atom stereocenters. The minimum atomic E-state index is -0.905. The van der Waals surface area contributed by atoms with Crippen LogP contribution in [0.1, 0.15) is 271 Å². The topological polar surface area (TPSA) is 120 Å². The molecule has 0 aromatic carbocycles. The second-order valence-electron chi connectivity index (χ2n) is 15.0. The van der Waals surface area contributed by atoms with Gasteiger partial charge in [-0.2, -0.15) is 0 Å². The van der Waals surface area contributed by atoms with E-state index in [1.807, 2.05) is 0 Å². The summed E-state index contributed by atoms with van der Waals surface area (Å²) in [6.07, 6.45) is 46.4. The van der Waals surface area contributed by atoms with E-state index in [9.17, 15) is 29.7 Å². The van der Waals surface area contributed by atoms with Gasteiger partial charge in [-0.25, -0.2) is 0 Å². The molecule has 307 valence electrons. The number of aliphatic carboxylic acids is 3. The van der Waals surface area contributed by atoms with Crippen molar-refractivity contribution in [3.05, 3.63) is 0 Å². The van der Waals surface area contributed by atoms with Crippen LogP contribution in [0.15, 0.2) is 0 Å². The monoisotopic (exact) mass is 864 g/mol. The van der Waals surface area contributed by atoms with E-state index in [2.05, 4.69) is 20.8 Å². The fourth-order valence-corrected chi connectivity index (χ4v) is 6.33. The molecule has 0 aromatic heterocycles. The van der Waals surface area contributed by atoms with E-state index >= 15 is 0 Å². The number of rotatable bonds is 39. The van der Waals surface area contributed by atoms with Gasteiger partial charge >= 0.3 is 41.7 Å². The average Bonchev–Trinajstić information content (AvgIpc) is 3.10. The Morgan fingerprint density at radius 3 is 0.481 bits per heavy atom. The Morgan fingerprint density at radius 2 is 0.365 bits per heavy atom. The summed E-state index contributed by atoms with van der Waals surface area (Å²) in [6.45, 7) is 6.75. The van der Waals surface area contributed by atoms with Crippen molar-refractivity contribution >= 4 is 17.9 Å². The van der Waals surface area contributed by atoms with Crippen LogP contribution in [0.2, 0.25) is 0 Å². The molecule has 0 aliphatic carbocycles. The summed E-state index contributed by atoms with van der Waals surface area (Å²) >= 11 is 0. The number of carbonyl (C=O) groups is 3. The van der Waals surface area contributed by atoms with Crippen LogP contribution in [0.5, 0.6) is 0 Å². The Labute approximate surface area is 358 Å². The molecule has 7 heteroatoms. The maximum absolute atomic E-state index is 10.2. The predicted octanol–water partition coefficient (Wildman–Crippen LogP) is 11.5. The molecule has 6 nitrogen and oxygen atoms in total. The molecular weight excluding hydrogens is 777 g/mol. The van der Waals surface area contributed by atoms with Crippen LogP contribution < -0.4 is 15.3 Å². The van der Waals surface area contributed by atoms with Crippen molar-refractivity contribution in [1.82, 2.24) is 0 Å². The minimum Gasteiger partial charge on any atom is -0.550 e. The Balaban J connectivity index is -0.000000329. The van der Waals surface area contributed by atoms with E-state index in [-0.39, 0.29) is 61.0 Å². The Bertz CT molecular complexity index is 596. The first kappa shape index (κ1) is 58.5. The van der Waals surface area contributed by atoms with Gasteiger partial charge in [0, 0.05) is 17.9 Å². The van der Waals surface area contributed by atoms with Crippen molar-refractivity contribution in [3.63, 3.8) is 0 Å². The van der Waals surface area contributed by atoms with Gasteiger partial charge in [0.05, 0.1) is 0 Å². The van der Waals surface area contributed by atoms with Crippen molar-refractivity contribution in [2.75, 3.05) is 0 Å². The maximum Gasteiger partial charge on any atom is 3.00 e. The number of carbonyl (C=O) groups excluding carboxylic acids is 3. The van der Waals surface area contributed by atoms with E-state index in [0.717, 1.165) is 38.5 Å². The van der Waals surface area contributed by atoms with Crippen molar-refractivity contribution in [3.8, 4) is 0 Å². The molecule has 0 aliphatic heterocycles. The second-order valence-corrected chi connectivity index (χ2v) is 15.0. The summed E-state index contributed by atoms with van der Waals surface area (Å²) in [4.78, 5) is 30.5. The fraction of sp³-hybridized carbons (Fsp3) is 0.933. The van der Waals surface area contributed by atoms with E-state index in [1.165, 1.54) is 193 Å². The molecule has 0 rings (SSSR count). The van der Waals surface area contributed by atoms with Crippen LogP contribution in [-0.2, 0) is 14.4 Å². The van der Waals surface area contributed by atoms with E-state index in [0.29, 0.717) is 0 Å². The molecule has 0 spiro atoms. The van der Waals surface area contributed by atoms with E-state index < -0.39 is 17.9 Å². The van der Waals surface area contributed by atoms with Crippen LogP contribution >= 0.6 is 0 Å². The van der Waals surface area contributed by atoms with Gasteiger partial charge in [0.25, 0.3) is 0 Å². The molecule has 0 saturated heterocycles. The Hall–Kier alpha value is -0.213. The van der Waals surface area contributed by atoms with Crippen LogP contribution in [0.3, 0.4) is 0 Å². The maximum atomic E-state index is 10.2. The van der Waals surface area contributed by atoms with Crippen molar-refractivity contribution in [2.24, 2.45) is 0 Å². The molecule has 0 aromatic rings. The molecule has 52 heavy (non-hydrogen) atoms.